The van der Waals surface area contributed by atoms with Crippen molar-refractivity contribution in [1.82, 2.24) is 10.2 Å². The van der Waals surface area contributed by atoms with Crippen molar-refractivity contribution in [2.24, 2.45) is 0 Å². The predicted octanol–water partition coefficient (Wildman–Crippen LogP) is 1.54. The van der Waals surface area contributed by atoms with E-state index in [1.54, 1.807) is 0 Å². The van der Waals surface area contributed by atoms with Gasteiger partial charge >= 0.3 is 0 Å². The van der Waals surface area contributed by atoms with E-state index in [4.69, 9.17) is 4.74 Å². The molecule has 1 saturated heterocycles. The Hall–Kier alpha value is -1.39. The van der Waals surface area contributed by atoms with Crippen LogP contribution in [0, 0.1) is 0 Å². The molecule has 0 aliphatic carbocycles. The van der Waals surface area contributed by atoms with Crippen LogP contribution in [0.25, 0.3) is 0 Å². The van der Waals surface area contributed by atoms with E-state index in [0.717, 1.165) is 5.56 Å². The van der Waals surface area contributed by atoms with Crippen LogP contribution in [0.1, 0.15) is 25.6 Å². The molecule has 1 fully saturated rings. The Bertz CT molecular complexity index is 394. The van der Waals surface area contributed by atoms with E-state index in [-0.39, 0.29) is 18.1 Å². The highest BCUT2D eigenvalue weighted by Gasteiger charge is 2.34. The molecule has 2 atom stereocenters. The molecule has 0 spiro atoms. The van der Waals surface area contributed by atoms with Crippen molar-refractivity contribution in [1.29, 1.82) is 0 Å². The monoisotopic (exact) mass is 248 g/mol. The zero-order valence-electron chi connectivity index (χ0n) is 10.9. The molecule has 0 bridgehead atoms. The highest BCUT2D eigenvalue weighted by atomic mass is 16.5. The smallest absolute Gasteiger partial charge is 0.238 e. The van der Waals surface area contributed by atoms with Gasteiger partial charge in [0.05, 0.1) is 19.2 Å². The third-order valence-corrected chi connectivity index (χ3v) is 3.17. The Morgan fingerprint density at radius 1 is 1.44 bits per heavy atom. The molecule has 18 heavy (non-hydrogen) atoms. The molecule has 2 unspecified atom stereocenters. The number of carbonyl (C=O) groups excluding carboxylic acids is 1. The van der Waals surface area contributed by atoms with E-state index in [2.05, 4.69) is 5.32 Å². The number of hydrogen-bond acceptors (Lipinski definition) is 3. The van der Waals surface area contributed by atoms with Gasteiger partial charge in [0.2, 0.25) is 5.91 Å². The highest BCUT2D eigenvalue weighted by Crippen LogP contribution is 2.24. The van der Waals surface area contributed by atoms with Crippen molar-refractivity contribution in [3.05, 3.63) is 35.9 Å². The Labute approximate surface area is 108 Å². The maximum atomic E-state index is 12.0. The zero-order valence-corrected chi connectivity index (χ0v) is 10.9. The number of hydrogen-bond donors (Lipinski definition) is 1. The lowest BCUT2D eigenvalue weighted by Crippen LogP contribution is -2.40. The van der Waals surface area contributed by atoms with Crippen LogP contribution in [0.3, 0.4) is 0 Å². The summed E-state index contributed by atoms with van der Waals surface area (Å²) in [7, 11) is 0. The fourth-order valence-electron chi connectivity index (χ4n) is 2.30. The molecule has 1 aromatic carbocycles. The van der Waals surface area contributed by atoms with Gasteiger partial charge in [-0.15, -0.1) is 0 Å². The third kappa shape index (κ3) is 2.71. The Balaban J connectivity index is 2.12. The molecule has 0 aromatic heterocycles. The summed E-state index contributed by atoms with van der Waals surface area (Å²) in [5, 5.41) is 3.25. The van der Waals surface area contributed by atoms with E-state index in [9.17, 15) is 4.79 Å². The van der Waals surface area contributed by atoms with Crippen LogP contribution in [-0.2, 0) is 9.53 Å². The summed E-state index contributed by atoms with van der Waals surface area (Å²) in [6.45, 7) is 5.64. The number of nitrogens with zero attached hydrogens (tertiary/aromatic N) is 1. The lowest BCUT2D eigenvalue weighted by Gasteiger charge is -2.30. The largest absolute Gasteiger partial charge is 0.380 e. The van der Waals surface area contributed by atoms with Crippen molar-refractivity contribution < 1.29 is 9.53 Å². The molecule has 98 valence electrons. The van der Waals surface area contributed by atoms with Gasteiger partial charge in [-0.1, -0.05) is 30.3 Å². The van der Waals surface area contributed by atoms with Gasteiger partial charge < -0.3 is 9.64 Å². The first kappa shape index (κ1) is 13.1. The van der Waals surface area contributed by atoms with Crippen molar-refractivity contribution in [2.75, 3.05) is 19.8 Å². The minimum Gasteiger partial charge on any atom is -0.380 e. The number of amides is 1. The molecule has 4 heteroatoms. The molecule has 1 aromatic rings. The molecule has 1 aliphatic rings. The summed E-state index contributed by atoms with van der Waals surface area (Å²) in [4.78, 5) is 13.9. The molecule has 2 rings (SSSR count). The van der Waals surface area contributed by atoms with Gasteiger partial charge in [0.15, 0.2) is 0 Å². The fourth-order valence-corrected chi connectivity index (χ4v) is 2.30. The summed E-state index contributed by atoms with van der Waals surface area (Å²) in [6, 6.07) is 10.1. The topological polar surface area (TPSA) is 41.6 Å². The second-order valence-corrected chi connectivity index (χ2v) is 4.50. The summed E-state index contributed by atoms with van der Waals surface area (Å²) >= 11 is 0. The van der Waals surface area contributed by atoms with Crippen LogP contribution >= 0.6 is 0 Å². The predicted molar refractivity (Wildman–Crippen MR) is 70.0 cm³/mol. The van der Waals surface area contributed by atoms with E-state index >= 15 is 0 Å². The number of carbonyl (C=O) groups is 1. The number of nitrogens with one attached hydrogen (secondary N) is 1. The van der Waals surface area contributed by atoms with Gasteiger partial charge in [0.25, 0.3) is 0 Å². The molecule has 1 heterocycles. The molecule has 1 amide bonds. The van der Waals surface area contributed by atoms with Crippen LogP contribution in [0.4, 0.5) is 0 Å². The number of benzene rings is 1. The first-order chi connectivity index (χ1) is 8.74. The summed E-state index contributed by atoms with van der Waals surface area (Å²) in [5.74, 6) is 0.135. The van der Waals surface area contributed by atoms with Crippen LogP contribution in [0.15, 0.2) is 30.3 Å². The molecule has 1 aliphatic heterocycles. The second kappa shape index (κ2) is 5.98. The molecule has 0 radical (unpaired) electrons. The average molecular weight is 248 g/mol. The minimum atomic E-state index is -0.0332. The first-order valence-corrected chi connectivity index (χ1v) is 6.41. The van der Waals surface area contributed by atoms with Gasteiger partial charge in [-0.05, 0) is 19.4 Å². The van der Waals surface area contributed by atoms with Crippen molar-refractivity contribution in [2.45, 2.75) is 26.1 Å². The van der Waals surface area contributed by atoms with Gasteiger partial charge in [-0.2, -0.15) is 0 Å². The van der Waals surface area contributed by atoms with Crippen LogP contribution < -0.4 is 5.32 Å². The van der Waals surface area contributed by atoms with Crippen molar-refractivity contribution in [3.63, 3.8) is 0 Å². The van der Waals surface area contributed by atoms with Crippen LogP contribution in [0.2, 0.25) is 0 Å². The molecule has 1 N–H and O–H groups in total. The van der Waals surface area contributed by atoms with Crippen LogP contribution in [-0.4, -0.2) is 36.6 Å². The maximum Gasteiger partial charge on any atom is 0.238 e. The van der Waals surface area contributed by atoms with E-state index in [0.29, 0.717) is 19.8 Å². The number of ether oxygens (including phenoxy) is 1. The van der Waals surface area contributed by atoms with E-state index in [1.807, 2.05) is 49.1 Å². The average Bonchev–Trinajstić information content (AvgIpc) is 2.79. The quantitative estimate of drug-likeness (QED) is 0.859. The third-order valence-electron chi connectivity index (χ3n) is 3.17. The summed E-state index contributed by atoms with van der Waals surface area (Å²) in [5.41, 5.74) is 1.12. The molecule has 4 nitrogen and oxygen atoms in total. The Kier molecular flexibility index (Phi) is 4.33. The Morgan fingerprint density at radius 2 is 2.17 bits per heavy atom. The summed E-state index contributed by atoms with van der Waals surface area (Å²) in [6.07, 6.45) is -0.0332. The molecular weight excluding hydrogens is 228 g/mol. The van der Waals surface area contributed by atoms with Crippen LogP contribution in [0.5, 0.6) is 0 Å². The normalized spacial score (nSPS) is 21.3. The van der Waals surface area contributed by atoms with Crippen molar-refractivity contribution in [3.8, 4) is 0 Å². The first-order valence-electron chi connectivity index (χ1n) is 6.41. The van der Waals surface area contributed by atoms with Gasteiger partial charge in [-0.25, -0.2) is 0 Å². The molecular formula is C14H20N2O2. The fraction of sp³-hybridized carbons (Fsp3) is 0.500. The summed E-state index contributed by atoms with van der Waals surface area (Å²) < 4.78 is 5.42. The minimum absolute atomic E-state index is 0.0332. The lowest BCUT2D eigenvalue weighted by atomic mass is 10.1. The zero-order chi connectivity index (χ0) is 13.0. The van der Waals surface area contributed by atoms with Gasteiger partial charge in [0, 0.05) is 6.61 Å². The SMILES string of the molecule is CCOCC(C)N1C(=O)CNC1c1ccccc1. The van der Waals surface area contributed by atoms with Crippen molar-refractivity contribution >= 4 is 5.91 Å². The Morgan fingerprint density at radius 3 is 2.83 bits per heavy atom. The highest BCUT2D eigenvalue weighted by molar-refractivity contribution is 5.81. The number of rotatable bonds is 5. The maximum absolute atomic E-state index is 12.0. The second-order valence-electron chi connectivity index (χ2n) is 4.50. The lowest BCUT2D eigenvalue weighted by molar-refractivity contribution is -0.131. The van der Waals surface area contributed by atoms with Gasteiger partial charge in [-0.3, -0.25) is 10.1 Å². The van der Waals surface area contributed by atoms with E-state index < -0.39 is 0 Å². The molecule has 0 saturated carbocycles. The standard InChI is InChI=1S/C14H20N2O2/c1-3-18-10-11(2)16-13(17)9-15-14(16)12-7-5-4-6-8-12/h4-8,11,14-15H,3,9-10H2,1-2H3. The van der Waals surface area contributed by atoms with E-state index in [1.165, 1.54) is 0 Å². The van der Waals surface area contributed by atoms with Gasteiger partial charge in [0.1, 0.15) is 6.17 Å².